The Morgan fingerprint density at radius 2 is 1.79 bits per heavy atom. The normalized spacial score (nSPS) is 12.1. The van der Waals surface area contributed by atoms with E-state index in [9.17, 15) is 13.2 Å². The topological polar surface area (TPSA) is 72.1 Å². The molecule has 0 aromatic heterocycles. The van der Waals surface area contributed by atoms with Crippen molar-refractivity contribution in [2.75, 3.05) is 32.6 Å². The summed E-state index contributed by atoms with van der Waals surface area (Å²) in [5.74, 6) is 0.555. The maximum atomic E-state index is 12.2. The van der Waals surface area contributed by atoms with Crippen molar-refractivity contribution >= 4 is 11.6 Å². The zero-order valence-corrected chi connectivity index (χ0v) is 15.7. The molecular weight excluding hydrogens is 373 g/mol. The molecule has 3 N–H and O–H groups in total. The smallest absolute Gasteiger partial charge is 0.492 e. The molecule has 0 unspecified atom stereocenters. The van der Waals surface area contributed by atoms with Gasteiger partial charge in [0.1, 0.15) is 18.1 Å². The van der Waals surface area contributed by atoms with Crippen molar-refractivity contribution in [3.8, 4) is 11.5 Å². The Morgan fingerprint density at radius 1 is 1.11 bits per heavy atom. The van der Waals surface area contributed by atoms with Crippen LogP contribution in [0, 0.1) is 0 Å². The number of hydrogen-bond donors (Lipinski definition) is 2. The van der Waals surface area contributed by atoms with Crippen molar-refractivity contribution in [2.45, 2.75) is 12.9 Å². The number of benzene rings is 2. The van der Waals surface area contributed by atoms with Crippen LogP contribution >= 0.6 is 0 Å². The molecule has 152 valence electrons. The lowest BCUT2D eigenvalue weighted by molar-refractivity contribution is -0.274. The fourth-order valence-electron chi connectivity index (χ4n) is 2.21. The molecule has 0 aliphatic carbocycles. The van der Waals surface area contributed by atoms with Crippen LogP contribution in [0.25, 0.3) is 0 Å². The number of likely N-dealkylation sites (N-methyl/N-ethyl adjacent to an activating group) is 1. The van der Waals surface area contributed by atoms with Gasteiger partial charge in [-0.25, -0.2) is 4.99 Å². The fraction of sp³-hybridized carbons (Fsp3) is 0.316. The molecular formula is C19H23F3N4O2. The Morgan fingerprint density at radius 3 is 2.43 bits per heavy atom. The second kappa shape index (κ2) is 9.84. The van der Waals surface area contributed by atoms with Gasteiger partial charge in [0, 0.05) is 17.8 Å². The van der Waals surface area contributed by atoms with Crippen molar-refractivity contribution in [2.24, 2.45) is 10.7 Å². The van der Waals surface area contributed by atoms with Crippen molar-refractivity contribution in [1.82, 2.24) is 4.90 Å². The summed E-state index contributed by atoms with van der Waals surface area (Å²) in [6.45, 7) is 1.63. The highest BCUT2D eigenvalue weighted by Gasteiger charge is 2.30. The number of alkyl halides is 3. The molecule has 0 bridgehead atoms. The van der Waals surface area contributed by atoms with Gasteiger partial charge in [-0.1, -0.05) is 18.2 Å². The molecule has 0 radical (unpaired) electrons. The van der Waals surface area contributed by atoms with Gasteiger partial charge < -0.3 is 25.4 Å². The average molecular weight is 396 g/mol. The molecule has 2 aromatic rings. The predicted octanol–water partition coefficient (Wildman–Crippen LogP) is 3.45. The highest BCUT2D eigenvalue weighted by molar-refractivity contribution is 5.92. The van der Waals surface area contributed by atoms with E-state index >= 15 is 0 Å². The molecule has 0 atom stereocenters. The SMILES string of the molecule is CN(C)CCOc1ccccc1CN=C(N)Nc1ccc(OC(F)(F)F)cc1. The van der Waals surface area contributed by atoms with Gasteiger partial charge in [0.05, 0.1) is 6.54 Å². The quantitative estimate of drug-likeness (QED) is 0.528. The first-order valence-corrected chi connectivity index (χ1v) is 8.51. The van der Waals surface area contributed by atoms with E-state index < -0.39 is 6.36 Å². The molecule has 0 heterocycles. The molecule has 2 rings (SSSR count). The summed E-state index contributed by atoms with van der Waals surface area (Å²) in [7, 11) is 3.93. The van der Waals surface area contributed by atoms with E-state index in [2.05, 4.69) is 15.0 Å². The van der Waals surface area contributed by atoms with Gasteiger partial charge in [-0.3, -0.25) is 0 Å². The van der Waals surface area contributed by atoms with Crippen LogP contribution in [0.1, 0.15) is 5.56 Å². The molecule has 0 spiro atoms. The number of rotatable bonds is 8. The van der Waals surface area contributed by atoms with Gasteiger partial charge >= 0.3 is 6.36 Å². The van der Waals surface area contributed by atoms with Gasteiger partial charge in [-0.05, 0) is 44.4 Å². The Balaban J connectivity index is 1.94. The van der Waals surface area contributed by atoms with Crippen LogP contribution in [0.5, 0.6) is 11.5 Å². The third-order valence-corrected chi connectivity index (χ3v) is 3.55. The molecule has 0 aliphatic heterocycles. The van der Waals surface area contributed by atoms with Crippen molar-refractivity contribution in [1.29, 1.82) is 0 Å². The molecule has 28 heavy (non-hydrogen) atoms. The second-order valence-corrected chi connectivity index (χ2v) is 6.16. The first-order chi connectivity index (χ1) is 13.2. The molecule has 0 aliphatic rings. The average Bonchev–Trinajstić information content (AvgIpc) is 2.61. The standard InChI is InChI=1S/C19H23F3N4O2/c1-26(2)11-12-27-17-6-4-3-5-14(17)13-24-18(23)25-15-7-9-16(10-8-15)28-19(20,21)22/h3-10H,11-13H2,1-2H3,(H3,23,24,25). The summed E-state index contributed by atoms with van der Waals surface area (Å²) >= 11 is 0. The largest absolute Gasteiger partial charge is 0.573 e. The van der Waals surface area contributed by atoms with Crippen LogP contribution in [-0.2, 0) is 6.54 Å². The lowest BCUT2D eigenvalue weighted by Gasteiger charge is -2.13. The summed E-state index contributed by atoms with van der Waals surface area (Å²) in [4.78, 5) is 6.28. The van der Waals surface area contributed by atoms with E-state index in [0.29, 0.717) is 18.8 Å². The molecule has 6 nitrogen and oxygen atoms in total. The first-order valence-electron chi connectivity index (χ1n) is 8.51. The summed E-state index contributed by atoms with van der Waals surface area (Å²) in [6.07, 6.45) is -4.72. The van der Waals surface area contributed by atoms with Crippen molar-refractivity contribution in [3.05, 3.63) is 54.1 Å². The van der Waals surface area contributed by atoms with Gasteiger partial charge in [0.25, 0.3) is 0 Å². The lowest BCUT2D eigenvalue weighted by atomic mass is 10.2. The number of nitrogens with two attached hydrogens (primary N) is 1. The number of ether oxygens (including phenoxy) is 2. The lowest BCUT2D eigenvalue weighted by Crippen LogP contribution is -2.23. The predicted molar refractivity (Wildman–Crippen MR) is 103 cm³/mol. The van der Waals surface area contributed by atoms with E-state index in [1.54, 1.807) is 0 Å². The van der Waals surface area contributed by atoms with Crippen LogP contribution in [-0.4, -0.2) is 44.5 Å². The molecule has 2 aromatic carbocycles. The Labute approximate surface area is 161 Å². The highest BCUT2D eigenvalue weighted by Crippen LogP contribution is 2.24. The number of nitrogens with zero attached hydrogens (tertiary/aromatic N) is 2. The highest BCUT2D eigenvalue weighted by atomic mass is 19.4. The third kappa shape index (κ3) is 7.75. The number of guanidine groups is 1. The maximum absolute atomic E-state index is 12.2. The van der Waals surface area contributed by atoms with Crippen molar-refractivity contribution < 1.29 is 22.6 Å². The van der Waals surface area contributed by atoms with Crippen LogP contribution in [0.4, 0.5) is 18.9 Å². The number of nitrogens with one attached hydrogen (secondary N) is 1. The molecule has 9 heteroatoms. The Kier molecular flexibility index (Phi) is 7.51. The zero-order chi connectivity index (χ0) is 20.6. The monoisotopic (exact) mass is 396 g/mol. The van der Waals surface area contributed by atoms with E-state index in [1.807, 2.05) is 43.3 Å². The zero-order valence-electron chi connectivity index (χ0n) is 15.7. The molecule has 0 saturated heterocycles. The summed E-state index contributed by atoms with van der Waals surface area (Å²) in [5, 5.41) is 2.82. The minimum absolute atomic E-state index is 0.132. The number of anilines is 1. The van der Waals surface area contributed by atoms with Crippen LogP contribution in [0.15, 0.2) is 53.5 Å². The maximum Gasteiger partial charge on any atom is 0.573 e. The van der Waals surface area contributed by atoms with Gasteiger partial charge in [0.15, 0.2) is 5.96 Å². The first kappa shape index (κ1) is 21.4. The van der Waals surface area contributed by atoms with Gasteiger partial charge in [-0.2, -0.15) is 0 Å². The van der Waals surface area contributed by atoms with Gasteiger partial charge in [-0.15, -0.1) is 13.2 Å². The third-order valence-electron chi connectivity index (χ3n) is 3.55. The minimum atomic E-state index is -4.72. The number of halogens is 3. The van der Waals surface area contributed by atoms with E-state index in [0.717, 1.165) is 17.9 Å². The molecule has 0 amide bonds. The number of para-hydroxylation sites is 1. The fourth-order valence-corrected chi connectivity index (χ4v) is 2.21. The van der Waals surface area contributed by atoms with Crippen LogP contribution in [0.3, 0.4) is 0 Å². The van der Waals surface area contributed by atoms with Gasteiger partial charge in [0.2, 0.25) is 0 Å². The summed E-state index contributed by atoms with van der Waals surface area (Å²) < 4.78 is 46.1. The van der Waals surface area contributed by atoms with Crippen molar-refractivity contribution in [3.63, 3.8) is 0 Å². The van der Waals surface area contributed by atoms with E-state index in [4.69, 9.17) is 10.5 Å². The summed E-state index contributed by atoms with van der Waals surface area (Å²) in [5.41, 5.74) is 7.23. The van der Waals surface area contributed by atoms with Crippen LogP contribution in [0.2, 0.25) is 0 Å². The number of hydrogen-bond acceptors (Lipinski definition) is 4. The Bertz CT molecular complexity index is 777. The van der Waals surface area contributed by atoms with Crippen LogP contribution < -0.4 is 20.5 Å². The second-order valence-electron chi connectivity index (χ2n) is 6.16. The molecule has 0 fully saturated rings. The van der Waals surface area contributed by atoms with E-state index in [-0.39, 0.29) is 11.7 Å². The Hall–Kier alpha value is -2.94. The molecule has 0 saturated carbocycles. The van der Waals surface area contributed by atoms with E-state index in [1.165, 1.54) is 24.3 Å². The summed E-state index contributed by atoms with van der Waals surface area (Å²) in [6, 6.07) is 12.7. The minimum Gasteiger partial charge on any atom is -0.492 e. The number of aliphatic imine (C=N–C) groups is 1.